The first-order valence-electron chi connectivity index (χ1n) is 9.61. The van der Waals surface area contributed by atoms with Crippen molar-refractivity contribution in [1.29, 1.82) is 0 Å². The van der Waals surface area contributed by atoms with Gasteiger partial charge in [-0.2, -0.15) is 0 Å². The monoisotopic (exact) mass is 426 g/mol. The van der Waals surface area contributed by atoms with Crippen LogP contribution in [0.15, 0.2) is 74.6 Å². The van der Waals surface area contributed by atoms with Gasteiger partial charge in [-0.1, -0.05) is 13.0 Å². The predicted molar refractivity (Wildman–Crippen MR) is 112 cm³/mol. The molecular formula is C22H22N2O5S. The minimum Gasteiger partial charge on any atom is -0.468 e. The first-order valence-corrected chi connectivity index (χ1v) is 11.1. The van der Waals surface area contributed by atoms with Gasteiger partial charge in [-0.05, 0) is 60.9 Å². The van der Waals surface area contributed by atoms with Crippen LogP contribution in [0.4, 0.5) is 5.69 Å². The Hall–Kier alpha value is -3.10. The number of benzene rings is 1. The average molecular weight is 426 g/mol. The van der Waals surface area contributed by atoms with Gasteiger partial charge >= 0.3 is 0 Å². The molecule has 1 aliphatic rings. The van der Waals surface area contributed by atoms with Gasteiger partial charge in [0.1, 0.15) is 17.3 Å². The van der Waals surface area contributed by atoms with Crippen LogP contribution in [-0.2, 0) is 21.4 Å². The Bertz CT molecular complexity index is 1160. The van der Waals surface area contributed by atoms with Crippen molar-refractivity contribution in [2.75, 3.05) is 5.32 Å². The second-order valence-corrected chi connectivity index (χ2v) is 9.08. The van der Waals surface area contributed by atoms with Gasteiger partial charge in [0.2, 0.25) is 15.9 Å². The number of anilines is 1. The smallest absolute Gasteiger partial charge is 0.248 e. The molecule has 2 heterocycles. The van der Waals surface area contributed by atoms with E-state index in [0.717, 1.165) is 12.2 Å². The fourth-order valence-corrected chi connectivity index (χ4v) is 4.16. The van der Waals surface area contributed by atoms with Crippen LogP contribution in [0.5, 0.6) is 0 Å². The van der Waals surface area contributed by atoms with E-state index in [1.165, 1.54) is 24.5 Å². The number of rotatable bonds is 8. The van der Waals surface area contributed by atoms with Crippen molar-refractivity contribution in [3.8, 4) is 0 Å². The molecule has 1 aliphatic carbocycles. The Balaban J connectivity index is 1.37. The molecule has 7 nitrogen and oxygen atoms in total. The van der Waals surface area contributed by atoms with Crippen molar-refractivity contribution in [3.05, 3.63) is 78.2 Å². The third kappa shape index (κ3) is 4.90. The SMILES string of the molecule is CC1CC1c1ccc(/C=C/C(=O)Nc2cccc(S(=O)(=O)NCc3ccco3)c2)o1. The summed E-state index contributed by atoms with van der Waals surface area (Å²) in [6.07, 6.45) is 5.56. The molecule has 2 aromatic heterocycles. The number of sulfonamides is 1. The Labute approximate surface area is 174 Å². The van der Waals surface area contributed by atoms with Gasteiger partial charge in [0, 0.05) is 17.7 Å². The normalized spacial score (nSPS) is 18.6. The molecule has 4 rings (SSSR count). The molecule has 0 spiro atoms. The lowest BCUT2D eigenvalue weighted by Gasteiger charge is -2.08. The molecular weight excluding hydrogens is 404 g/mol. The first kappa shape index (κ1) is 20.2. The number of hydrogen-bond donors (Lipinski definition) is 2. The molecule has 0 saturated heterocycles. The highest BCUT2D eigenvalue weighted by molar-refractivity contribution is 7.89. The summed E-state index contributed by atoms with van der Waals surface area (Å²) < 4.78 is 38.3. The lowest BCUT2D eigenvalue weighted by Crippen LogP contribution is -2.23. The van der Waals surface area contributed by atoms with Crippen LogP contribution >= 0.6 is 0 Å². The summed E-state index contributed by atoms with van der Waals surface area (Å²) in [6, 6.07) is 13.2. The molecule has 2 atom stereocenters. The minimum atomic E-state index is -3.75. The van der Waals surface area contributed by atoms with Crippen molar-refractivity contribution < 1.29 is 22.0 Å². The van der Waals surface area contributed by atoms with Crippen molar-refractivity contribution in [3.63, 3.8) is 0 Å². The van der Waals surface area contributed by atoms with Crippen LogP contribution in [0.1, 0.15) is 36.5 Å². The van der Waals surface area contributed by atoms with Crippen molar-refractivity contribution >= 4 is 27.7 Å². The quantitative estimate of drug-likeness (QED) is 0.528. The number of hydrogen-bond acceptors (Lipinski definition) is 5. The topological polar surface area (TPSA) is 102 Å². The van der Waals surface area contributed by atoms with Crippen LogP contribution in [0.2, 0.25) is 0 Å². The lowest BCUT2D eigenvalue weighted by molar-refractivity contribution is -0.111. The Morgan fingerprint density at radius 2 is 2.03 bits per heavy atom. The molecule has 0 radical (unpaired) electrons. The van der Waals surface area contributed by atoms with Crippen molar-refractivity contribution in [1.82, 2.24) is 4.72 Å². The summed E-state index contributed by atoms with van der Waals surface area (Å²) in [5, 5.41) is 2.67. The standard InChI is InChI=1S/C22H22N2O5S/c1-15-12-20(15)21-9-7-17(29-21)8-10-22(25)24-16-4-2-6-19(13-16)30(26,27)23-14-18-5-3-11-28-18/h2-11,13,15,20,23H,12,14H2,1H3,(H,24,25)/b10-8+. The first-order chi connectivity index (χ1) is 14.4. The third-order valence-electron chi connectivity index (χ3n) is 4.95. The average Bonchev–Trinajstić information content (AvgIpc) is 3.14. The second kappa shape index (κ2) is 8.33. The molecule has 2 unspecified atom stereocenters. The summed E-state index contributed by atoms with van der Waals surface area (Å²) >= 11 is 0. The van der Waals surface area contributed by atoms with Gasteiger partial charge in [-0.3, -0.25) is 4.79 Å². The molecule has 30 heavy (non-hydrogen) atoms. The van der Waals surface area contributed by atoms with E-state index in [0.29, 0.717) is 29.0 Å². The Kier molecular flexibility index (Phi) is 5.61. The fraction of sp³-hybridized carbons (Fsp3) is 0.227. The van der Waals surface area contributed by atoms with E-state index in [1.807, 2.05) is 12.1 Å². The Morgan fingerprint density at radius 3 is 2.77 bits per heavy atom. The molecule has 1 fully saturated rings. The number of carbonyl (C=O) groups is 1. The highest BCUT2D eigenvalue weighted by Crippen LogP contribution is 2.47. The molecule has 1 aromatic carbocycles. The van der Waals surface area contributed by atoms with Crippen LogP contribution in [0, 0.1) is 5.92 Å². The van der Waals surface area contributed by atoms with Gasteiger partial charge in [-0.25, -0.2) is 13.1 Å². The molecule has 0 bridgehead atoms. The maximum Gasteiger partial charge on any atom is 0.248 e. The number of carbonyl (C=O) groups excluding carboxylic acids is 1. The molecule has 1 saturated carbocycles. The third-order valence-corrected chi connectivity index (χ3v) is 6.35. The number of nitrogens with one attached hydrogen (secondary N) is 2. The van der Waals surface area contributed by atoms with Gasteiger partial charge < -0.3 is 14.2 Å². The zero-order valence-corrected chi connectivity index (χ0v) is 17.2. The van der Waals surface area contributed by atoms with Gasteiger partial charge in [0.05, 0.1) is 17.7 Å². The zero-order valence-electron chi connectivity index (χ0n) is 16.4. The van der Waals surface area contributed by atoms with Crippen LogP contribution < -0.4 is 10.0 Å². The maximum absolute atomic E-state index is 12.5. The van der Waals surface area contributed by atoms with E-state index < -0.39 is 10.0 Å². The lowest BCUT2D eigenvalue weighted by atomic mass is 10.3. The summed E-state index contributed by atoms with van der Waals surface area (Å²) in [6.45, 7) is 2.22. The zero-order chi connectivity index (χ0) is 21.1. The van der Waals surface area contributed by atoms with Crippen molar-refractivity contribution in [2.24, 2.45) is 5.92 Å². The summed E-state index contributed by atoms with van der Waals surface area (Å²) in [5.74, 6) is 2.80. The molecule has 1 amide bonds. The van der Waals surface area contributed by atoms with E-state index in [2.05, 4.69) is 17.0 Å². The van der Waals surface area contributed by atoms with Gasteiger partial charge in [-0.15, -0.1) is 0 Å². The predicted octanol–water partition coefficient (Wildman–Crippen LogP) is 4.13. The Morgan fingerprint density at radius 1 is 1.20 bits per heavy atom. The van der Waals surface area contributed by atoms with E-state index in [-0.39, 0.29) is 17.3 Å². The van der Waals surface area contributed by atoms with E-state index in [1.54, 1.807) is 30.3 Å². The molecule has 156 valence electrons. The maximum atomic E-state index is 12.5. The van der Waals surface area contributed by atoms with E-state index in [4.69, 9.17) is 8.83 Å². The van der Waals surface area contributed by atoms with Crippen LogP contribution in [0.25, 0.3) is 6.08 Å². The minimum absolute atomic E-state index is 0.0411. The summed E-state index contributed by atoms with van der Waals surface area (Å²) in [4.78, 5) is 12.3. The molecule has 0 aliphatic heterocycles. The van der Waals surface area contributed by atoms with Gasteiger partial charge in [0.25, 0.3) is 0 Å². The largest absolute Gasteiger partial charge is 0.468 e. The van der Waals surface area contributed by atoms with E-state index >= 15 is 0 Å². The molecule has 2 N–H and O–H groups in total. The number of amides is 1. The summed E-state index contributed by atoms with van der Waals surface area (Å²) in [5.41, 5.74) is 0.373. The molecule has 8 heteroatoms. The van der Waals surface area contributed by atoms with Crippen LogP contribution in [0.3, 0.4) is 0 Å². The van der Waals surface area contributed by atoms with Gasteiger partial charge in [0.15, 0.2) is 0 Å². The molecule has 3 aromatic rings. The van der Waals surface area contributed by atoms with E-state index in [9.17, 15) is 13.2 Å². The summed E-state index contributed by atoms with van der Waals surface area (Å²) in [7, 11) is -3.75. The second-order valence-electron chi connectivity index (χ2n) is 7.31. The van der Waals surface area contributed by atoms with Crippen molar-refractivity contribution in [2.45, 2.75) is 30.7 Å². The highest BCUT2D eigenvalue weighted by Gasteiger charge is 2.36. The highest BCUT2D eigenvalue weighted by atomic mass is 32.2. The number of furan rings is 2. The fourth-order valence-electron chi connectivity index (χ4n) is 3.12. The van der Waals surface area contributed by atoms with Crippen LogP contribution in [-0.4, -0.2) is 14.3 Å².